The number of carbonyl (C=O) groups is 2. The minimum absolute atomic E-state index is 0.0613. The molecular formula is C14H26N2O3. The Bertz CT molecular complexity index is 307. The number of nitrogens with two attached hydrogens (primary N) is 1. The summed E-state index contributed by atoms with van der Waals surface area (Å²) in [4.78, 5) is 26.0. The van der Waals surface area contributed by atoms with Crippen molar-refractivity contribution in [2.45, 2.75) is 52.0 Å². The maximum Gasteiger partial charge on any atom is 0.328 e. The number of likely N-dealkylation sites (tertiary alicyclic amines) is 1. The van der Waals surface area contributed by atoms with E-state index >= 15 is 0 Å². The molecule has 0 aromatic rings. The van der Waals surface area contributed by atoms with Gasteiger partial charge in [0, 0.05) is 12.5 Å². The molecule has 1 heterocycles. The van der Waals surface area contributed by atoms with Gasteiger partial charge < -0.3 is 15.4 Å². The second-order valence-electron chi connectivity index (χ2n) is 5.13. The predicted molar refractivity (Wildman–Crippen MR) is 73.4 cm³/mol. The van der Waals surface area contributed by atoms with E-state index in [1.807, 2.05) is 6.92 Å². The molecule has 0 spiro atoms. The van der Waals surface area contributed by atoms with Crippen LogP contribution in [0.3, 0.4) is 0 Å². The van der Waals surface area contributed by atoms with Gasteiger partial charge in [-0.1, -0.05) is 6.92 Å². The molecule has 0 radical (unpaired) electrons. The molecule has 1 fully saturated rings. The van der Waals surface area contributed by atoms with Crippen molar-refractivity contribution in [1.29, 1.82) is 0 Å². The van der Waals surface area contributed by atoms with Gasteiger partial charge in [-0.05, 0) is 45.6 Å². The first-order chi connectivity index (χ1) is 9.11. The Morgan fingerprint density at radius 2 is 2.16 bits per heavy atom. The number of esters is 1. The average molecular weight is 270 g/mol. The van der Waals surface area contributed by atoms with E-state index in [-0.39, 0.29) is 23.8 Å². The minimum Gasteiger partial charge on any atom is -0.464 e. The quantitative estimate of drug-likeness (QED) is 0.738. The number of piperidine rings is 1. The lowest BCUT2D eigenvalue weighted by Crippen LogP contribution is -2.50. The fourth-order valence-electron chi connectivity index (χ4n) is 2.51. The summed E-state index contributed by atoms with van der Waals surface area (Å²) in [5.41, 5.74) is 5.47. The fourth-order valence-corrected chi connectivity index (χ4v) is 2.51. The molecule has 2 atom stereocenters. The highest BCUT2D eigenvalue weighted by Crippen LogP contribution is 2.22. The monoisotopic (exact) mass is 270 g/mol. The zero-order valence-electron chi connectivity index (χ0n) is 12.1. The van der Waals surface area contributed by atoms with Crippen LogP contribution in [0.5, 0.6) is 0 Å². The molecule has 0 aromatic carbocycles. The van der Waals surface area contributed by atoms with Gasteiger partial charge >= 0.3 is 5.97 Å². The third-order valence-corrected chi connectivity index (χ3v) is 3.61. The molecule has 1 aliphatic rings. The summed E-state index contributed by atoms with van der Waals surface area (Å²) in [5, 5.41) is 0. The van der Waals surface area contributed by atoms with Gasteiger partial charge in [0.1, 0.15) is 6.04 Å². The maximum atomic E-state index is 12.4. The fraction of sp³-hybridized carbons (Fsp3) is 0.857. The normalized spacial score (nSPS) is 21.0. The van der Waals surface area contributed by atoms with Crippen molar-refractivity contribution in [2.24, 2.45) is 11.7 Å². The lowest BCUT2D eigenvalue weighted by molar-refractivity contribution is -0.158. The van der Waals surface area contributed by atoms with Crippen molar-refractivity contribution < 1.29 is 14.3 Å². The molecule has 2 N–H and O–H groups in total. The van der Waals surface area contributed by atoms with Crippen LogP contribution in [0.4, 0.5) is 0 Å². The van der Waals surface area contributed by atoms with Gasteiger partial charge in [-0.25, -0.2) is 4.79 Å². The van der Waals surface area contributed by atoms with E-state index < -0.39 is 0 Å². The van der Waals surface area contributed by atoms with Gasteiger partial charge in [-0.2, -0.15) is 0 Å². The van der Waals surface area contributed by atoms with Gasteiger partial charge in [0.05, 0.1) is 6.61 Å². The zero-order chi connectivity index (χ0) is 14.3. The number of hydrogen-bond donors (Lipinski definition) is 1. The van der Waals surface area contributed by atoms with Crippen LogP contribution in [0.25, 0.3) is 0 Å². The van der Waals surface area contributed by atoms with Gasteiger partial charge in [0.2, 0.25) is 5.91 Å². The number of rotatable bonds is 6. The summed E-state index contributed by atoms with van der Waals surface area (Å²) in [5.74, 6) is -0.272. The van der Waals surface area contributed by atoms with E-state index in [4.69, 9.17) is 10.5 Å². The Kier molecular flexibility index (Phi) is 6.84. The van der Waals surface area contributed by atoms with Crippen molar-refractivity contribution in [1.82, 2.24) is 4.90 Å². The van der Waals surface area contributed by atoms with Crippen LogP contribution >= 0.6 is 0 Å². The zero-order valence-corrected chi connectivity index (χ0v) is 12.1. The molecule has 1 saturated heterocycles. The molecule has 0 bridgehead atoms. The summed E-state index contributed by atoms with van der Waals surface area (Å²) in [6, 6.07) is -0.387. The van der Waals surface area contributed by atoms with E-state index in [2.05, 4.69) is 0 Å². The van der Waals surface area contributed by atoms with E-state index in [1.165, 1.54) is 0 Å². The molecule has 2 unspecified atom stereocenters. The lowest BCUT2D eigenvalue weighted by Gasteiger charge is -2.35. The van der Waals surface area contributed by atoms with Crippen molar-refractivity contribution in [2.75, 3.05) is 19.7 Å². The highest BCUT2D eigenvalue weighted by atomic mass is 16.5. The second-order valence-corrected chi connectivity index (χ2v) is 5.13. The van der Waals surface area contributed by atoms with Gasteiger partial charge in [-0.3, -0.25) is 4.79 Å². The first-order valence-electron chi connectivity index (χ1n) is 7.29. The molecule has 1 aliphatic heterocycles. The lowest BCUT2D eigenvalue weighted by atomic mass is 9.97. The summed E-state index contributed by atoms with van der Waals surface area (Å²) >= 11 is 0. The smallest absolute Gasteiger partial charge is 0.328 e. The van der Waals surface area contributed by atoms with Crippen LogP contribution in [-0.4, -0.2) is 42.5 Å². The largest absolute Gasteiger partial charge is 0.464 e. The Morgan fingerprint density at radius 1 is 1.42 bits per heavy atom. The number of carbonyl (C=O) groups excluding carboxylic acids is 2. The first-order valence-corrected chi connectivity index (χ1v) is 7.29. The van der Waals surface area contributed by atoms with Crippen LogP contribution in [-0.2, 0) is 14.3 Å². The summed E-state index contributed by atoms with van der Waals surface area (Å²) < 4.78 is 5.07. The Labute approximate surface area is 115 Å². The summed E-state index contributed by atoms with van der Waals surface area (Å²) in [6.07, 6.45) is 4.27. The van der Waals surface area contributed by atoms with Gasteiger partial charge in [0.15, 0.2) is 0 Å². The molecule has 0 saturated carbocycles. The molecule has 110 valence electrons. The third-order valence-electron chi connectivity index (χ3n) is 3.61. The standard InChI is InChI=1S/C14H26N2O3/c1-3-19-14(18)12-8-4-5-10-16(12)13(17)11(2)7-6-9-15/h11-12H,3-10,15H2,1-2H3. The highest BCUT2D eigenvalue weighted by Gasteiger charge is 2.34. The molecule has 1 amide bonds. The average Bonchev–Trinajstić information content (AvgIpc) is 2.44. The first kappa shape index (κ1) is 16.0. The predicted octanol–water partition coefficient (Wildman–Crippen LogP) is 1.31. The van der Waals surface area contributed by atoms with Crippen molar-refractivity contribution in [3.05, 3.63) is 0 Å². The molecule has 5 heteroatoms. The Morgan fingerprint density at radius 3 is 2.79 bits per heavy atom. The third kappa shape index (κ3) is 4.49. The molecule has 0 aromatic heterocycles. The molecule has 19 heavy (non-hydrogen) atoms. The number of ether oxygens (including phenoxy) is 1. The number of nitrogens with zero attached hydrogens (tertiary/aromatic N) is 1. The molecular weight excluding hydrogens is 244 g/mol. The molecule has 0 aliphatic carbocycles. The number of hydrogen-bond acceptors (Lipinski definition) is 4. The van der Waals surface area contributed by atoms with Crippen LogP contribution in [0, 0.1) is 5.92 Å². The van der Waals surface area contributed by atoms with E-state index in [0.29, 0.717) is 26.1 Å². The molecule has 1 rings (SSSR count). The summed E-state index contributed by atoms with van der Waals surface area (Å²) in [7, 11) is 0. The van der Waals surface area contributed by atoms with E-state index in [1.54, 1.807) is 11.8 Å². The van der Waals surface area contributed by atoms with Gasteiger partial charge in [-0.15, -0.1) is 0 Å². The van der Waals surface area contributed by atoms with Crippen molar-refractivity contribution in [3.63, 3.8) is 0 Å². The Balaban J connectivity index is 2.65. The number of amides is 1. The topological polar surface area (TPSA) is 72.6 Å². The van der Waals surface area contributed by atoms with E-state index in [9.17, 15) is 9.59 Å². The molecule has 5 nitrogen and oxygen atoms in total. The van der Waals surface area contributed by atoms with Crippen LogP contribution in [0.1, 0.15) is 46.0 Å². The van der Waals surface area contributed by atoms with Crippen LogP contribution in [0.15, 0.2) is 0 Å². The maximum absolute atomic E-state index is 12.4. The summed E-state index contributed by atoms with van der Waals surface area (Å²) in [6.45, 7) is 5.32. The van der Waals surface area contributed by atoms with Crippen LogP contribution < -0.4 is 5.73 Å². The SMILES string of the molecule is CCOC(=O)C1CCCCN1C(=O)C(C)CCCN. The highest BCUT2D eigenvalue weighted by molar-refractivity contribution is 5.85. The van der Waals surface area contributed by atoms with Crippen molar-refractivity contribution in [3.8, 4) is 0 Å². The minimum atomic E-state index is -0.387. The van der Waals surface area contributed by atoms with Gasteiger partial charge in [0.25, 0.3) is 0 Å². The second kappa shape index (κ2) is 8.15. The van der Waals surface area contributed by atoms with E-state index in [0.717, 1.165) is 25.7 Å². The Hall–Kier alpha value is -1.10. The van der Waals surface area contributed by atoms with Crippen molar-refractivity contribution >= 4 is 11.9 Å². The van der Waals surface area contributed by atoms with Crippen LogP contribution in [0.2, 0.25) is 0 Å².